The highest BCUT2D eigenvalue weighted by molar-refractivity contribution is 5.94. The van der Waals surface area contributed by atoms with Gasteiger partial charge in [-0.2, -0.15) is 5.26 Å². The lowest BCUT2D eigenvalue weighted by atomic mass is 9.93. The van der Waals surface area contributed by atoms with Crippen molar-refractivity contribution in [1.82, 2.24) is 14.9 Å². The van der Waals surface area contributed by atoms with Crippen LogP contribution in [-0.2, 0) is 9.59 Å². The van der Waals surface area contributed by atoms with Gasteiger partial charge in [0.05, 0.1) is 12.1 Å². The van der Waals surface area contributed by atoms with Gasteiger partial charge in [0.2, 0.25) is 12.3 Å². The van der Waals surface area contributed by atoms with Gasteiger partial charge < -0.3 is 9.88 Å². The van der Waals surface area contributed by atoms with Crippen LogP contribution in [0.2, 0.25) is 0 Å². The van der Waals surface area contributed by atoms with E-state index in [1.165, 1.54) is 0 Å². The molecule has 1 aliphatic carbocycles. The molecule has 0 radical (unpaired) electrons. The van der Waals surface area contributed by atoms with E-state index in [1.807, 2.05) is 31.3 Å². The van der Waals surface area contributed by atoms with Crippen LogP contribution in [0.4, 0.5) is 5.82 Å². The third-order valence-electron chi connectivity index (χ3n) is 5.56. The maximum absolute atomic E-state index is 12.3. The van der Waals surface area contributed by atoms with Crippen molar-refractivity contribution in [1.29, 1.82) is 5.26 Å². The number of hydrogen-bond donors (Lipinski definition) is 1. The molecule has 0 spiro atoms. The van der Waals surface area contributed by atoms with Crippen LogP contribution in [0.25, 0.3) is 16.6 Å². The van der Waals surface area contributed by atoms with E-state index < -0.39 is 0 Å². The lowest BCUT2D eigenvalue weighted by Crippen LogP contribution is -2.41. The SMILES string of the molecule is CC[C@@H]1C=C(c2cc(N(C=O)C3CC3)nc3[nH]ccc23)CCN1C(=O)CC#N. The summed E-state index contributed by atoms with van der Waals surface area (Å²) >= 11 is 0. The summed E-state index contributed by atoms with van der Waals surface area (Å²) in [6.07, 6.45) is 8.29. The van der Waals surface area contributed by atoms with Crippen LogP contribution >= 0.6 is 0 Å². The summed E-state index contributed by atoms with van der Waals surface area (Å²) in [6.45, 7) is 2.64. The van der Waals surface area contributed by atoms with Crippen LogP contribution in [-0.4, -0.2) is 45.8 Å². The van der Waals surface area contributed by atoms with E-state index in [4.69, 9.17) is 5.26 Å². The lowest BCUT2D eigenvalue weighted by Gasteiger charge is -2.34. The summed E-state index contributed by atoms with van der Waals surface area (Å²) in [5.74, 6) is 0.548. The van der Waals surface area contributed by atoms with Crippen LogP contribution in [0.15, 0.2) is 24.4 Å². The van der Waals surface area contributed by atoms with E-state index in [-0.39, 0.29) is 24.4 Å². The van der Waals surface area contributed by atoms with Crippen LogP contribution in [0.3, 0.4) is 0 Å². The predicted octanol–water partition coefficient (Wildman–Crippen LogP) is 3.00. The first kappa shape index (κ1) is 18.2. The smallest absolute Gasteiger partial charge is 0.237 e. The largest absolute Gasteiger partial charge is 0.346 e. The molecule has 0 saturated heterocycles. The molecule has 2 aliphatic rings. The Morgan fingerprint density at radius 3 is 3.00 bits per heavy atom. The second kappa shape index (κ2) is 7.47. The minimum absolute atomic E-state index is 0.0270. The Morgan fingerprint density at radius 1 is 1.50 bits per heavy atom. The van der Waals surface area contributed by atoms with Crippen molar-refractivity contribution >= 4 is 34.7 Å². The molecule has 1 saturated carbocycles. The molecule has 7 heteroatoms. The molecule has 0 unspecified atom stereocenters. The number of pyridine rings is 1. The third-order valence-corrected chi connectivity index (χ3v) is 5.56. The molecular weight excluding hydrogens is 354 g/mol. The summed E-state index contributed by atoms with van der Waals surface area (Å²) in [7, 11) is 0. The molecule has 0 aromatic carbocycles. The van der Waals surface area contributed by atoms with Crippen molar-refractivity contribution in [3.8, 4) is 6.07 Å². The van der Waals surface area contributed by atoms with Gasteiger partial charge in [0.15, 0.2) is 0 Å². The Kier molecular flexibility index (Phi) is 4.86. The average molecular weight is 377 g/mol. The number of rotatable bonds is 6. The molecule has 0 bridgehead atoms. The fourth-order valence-electron chi connectivity index (χ4n) is 3.96. The molecule has 4 rings (SSSR count). The van der Waals surface area contributed by atoms with E-state index in [0.29, 0.717) is 18.8 Å². The first-order valence-corrected chi connectivity index (χ1v) is 9.75. The summed E-state index contributed by atoms with van der Waals surface area (Å²) in [4.78, 5) is 35.2. The molecule has 1 N–H and O–H groups in total. The highest BCUT2D eigenvalue weighted by Crippen LogP contribution is 2.36. The minimum Gasteiger partial charge on any atom is -0.346 e. The van der Waals surface area contributed by atoms with Gasteiger partial charge in [0.1, 0.15) is 17.9 Å². The first-order valence-electron chi connectivity index (χ1n) is 9.75. The number of carbonyl (C=O) groups is 2. The maximum Gasteiger partial charge on any atom is 0.237 e. The van der Waals surface area contributed by atoms with E-state index >= 15 is 0 Å². The van der Waals surface area contributed by atoms with Gasteiger partial charge in [-0.15, -0.1) is 0 Å². The fraction of sp³-hybridized carbons (Fsp3) is 0.429. The van der Waals surface area contributed by atoms with Gasteiger partial charge in [-0.25, -0.2) is 4.98 Å². The van der Waals surface area contributed by atoms with Crippen molar-refractivity contribution < 1.29 is 9.59 Å². The van der Waals surface area contributed by atoms with Crippen molar-refractivity contribution in [3.63, 3.8) is 0 Å². The number of carbonyl (C=O) groups excluding carboxylic acids is 2. The number of fused-ring (bicyclic) bond motifs is 1. The number of nitrogens with zero attached hydrogens (tertiary/aromatic N) is 4. The summed E-state index contributed by atoms with van der Waals surface area (Å²) in [6, 6.07) is 6.16. The van der Waals surface area contributed by atoms with E-state index in [0.717, 1.165) is 47.8 Å². The topological polar surface area (TPSA) is 93.1 Å². The van der Waals surface area contributed by atoms with Gasteiger partial charge in [0, 0.05) is 24.2 Å². The number of amides is 2. The quantitative estimate of drug-likeness (QED) is 0.783. The van der Waals surface area contributed by atoms with Crippen LogP contribution < -0.4 is 4.90 Å². The Morgan fingerprint density at radius 2 is 2.32 bits per heavy atom. The fourth-order valence-corrected chi connectivity index (χ4v) is 3.96. The van der Waals surface area contributed by atoms with E-state index in [1.54, 1.807) is 9.80 Å². The molecule has 1 fully saturated rings. The normalized spacial score (nSPS) is 19.2. The van der Waals surface area contributed by atoms with Gasteiger partial charge in [-0.1, -0.05) is 13.0 Å². The summed E-state index contributed by atoms with van der Waals surface area (Å²) in [5.41, 5.74) is 2.97. The highest BCUT2D eigenvalue weighted by Gasteiger charge is 2.31. The summed E-state index contributed by atoms with van der Waals surface area (Å²) in [5, 5.41) is 9.87. The zero-order chi connectivity index (χ0) is 19.7. The van der Waals surface area contributed by atoms with Gasteiger partial charge in [-0.05, 0) is 49.0 Å². The number of nitrogens with one attached hydrogen (secondary N) is 1. The van der Waals surface area contributed by atoms with Gasteiger partial charge in [-0.3, -0.25) is 14.5 Å². The number of aromatic nitrogens is 2. The second-order valence-corrected chi connectivity index (χ2v) is 7.35. The molecule has 2 amide bonds. The molecular formula is C21H23N5O2. The number of anilines is 1. The van der Waals surface area contributed by atoms with Gasteiger partial charge in [0.25, 0.3) is 0 Å². The van der Waals surface area contributed by atoms with Crippen LogP contribution in [0.1, 0.15) is 44.6 Å². The second-order valence-electron chi connectivity index (χ2n) is 7.35. The number of nitriles is 1. The minimum atomic E-state index is -0.118. The van der Waals surface area contributed by atoms with Crippen LogP contribution in [0.5, 0.6) is 0 Å². The lowest BCUT2D eigenvalue weighted by molar-refractivity contribution is -0.131. The third kappa shape index (κ3) is 3.26. The Balaban J connectivity index is 1.74. The number of aromatic amines is 1. The zero-order valence-corrected chi connectivity index (χ0v) is 15.9. The molecule has 2 aromatic heterocycles. The van der Waals surface area contributed by atoms with Crippen LogP contribution in [0, 0.1) is 11.3 Å². The van der Waals surface area contributed by atoms with Gasteiger partial charge >= 0.3 is 0 Å². The van der Waals surface area contributed by atoms with Crippen molar-refractivity contribution in [2.75, 3.05) is 11.4 Å². The monoisotopic (exact) mass is 377 g/mol. The predicted molar refractivity (Wildman–Crippen MR) is 106 cm³/mol. The Hall–Kier alpha value is -3.14. The maximum atomic E-state index is 12.3. The molecule has 2 aromatic rings. The van der Waals surface area contributed by atoms with E-state index in [9.17, 15) is 9.59 Å². The first-order chi connectivity index (χ1) is 13.7. The molecule has 28 heavy (non-hydrogen) atoms. The molecule has 144 valence electrons. The number of H-pyrrole nitrogens is 1. The highest BCUT2D eigenvalue weighted by atomic mass is 16.2. The standard InChI is InChI=1S/C21H23N5O2/c1-2-15-11-14(7-10-25(15)20(28)5-8-22)18-12-19(26(13-27)16-3-4-16)24-21-17(18)6-9-23-21/h6,9,11-13,15-16H,2-5,7,10H2,1H3,(H,23,24)/t15-/m1/s1. The molecule has 7 nitrogen and oxygen atoms in total. The Labute approximate surface area is 163 Å². The zero-order valence-electron chi connectivity index (χ0n) is 15.9. The van der Waals surface area contributed by atoms with E-state index in [2.05, 4.69) is 16.0 Å². The summed E-state index contributed by atoms with van der Waals surface area (Å²) < 4.78 is 0. The number of hydrogen-bond acceptors (Lipinski definition) is 4. The Bertz CT molecular complexity index is 982. The molecule has 1 atom stereocenters. The molecule has 1 aliphatic heterocycles. The van der Waals surface area contributed by atoms with Crippen molar-refractivity contribution in [3.05, 3.63) is 30.0 Å². The van der Waals surface area contributed by atoms with Crippen molar-refractivity contribution in [2.24, 2.45) is 0 Å². The average Bonchev–Trinajstić information content (AvgIpc) is 3.43. The molecule has 3 heterocycles. The van der Waals surface area contributed by atoms with Crippen molar-refractivity contribution in [2.45, 2.75) is 51.1 Å².